The predicted molar refractivity (Wildman–Crippen MR) is 85.9 cm³/mol. The molecule has 2 aromatic carbocycles. The first-order valence-electron chi connectivity index (χ1n) is 7.40. The van der Waals surface area contributed by atoms with Gasteiger partial charge in [0.05, 0.1) is 0 Å². The van der Waals surface area contributed by atoms with Crippen molar-refractivity contribution in [3.8, 4) is 0 Å². The minimum Gasteiger partial charge on any atom is -0.329 e. The van der Waals surface area contributed by atoms with Crippen LogP contribution in [0.2, 0.25) is 0 Å². The van der Waals surface area contributed by atoms with E-state index >= 15 is 0 Å². The van der Waals surface area contributed by atoms with Gasteiger partial charge < -0.3 is 10.6 Å². The molecule has 0 atom stereocenters. The number of likely N-dealkylation sites (N-methyl/N-ethyl adjacent to an activating group) is 1. The van der Waals surface area contributed by atoms with Crippen molar-refractivity contribution in [2.24, 2.45) is 5.73 Å². The van der Waals surface area contributed by atoms with E-state index in [1.807, 2.05) is 36.2 Å². The second kappa shape index (κ2) is 5.87. The Labute approximate surface area is 129 Å². The molecule has 0 radical (unpaired) electrons. The number of carbonyl (C=O) groups is 2. The first-order chi connectivity index (χ1) is 10.6. The molecular formula is C17H19N3O2. The number of nitrogens with zero attached hydrogens (tertiary/aromatic N) is 2. The molecule has 2 N–H and O–H groups in total. The van der Waals surface area contributed by atoms with Gasteiger partial charge in [0.15, 0.2) is 0 Å². The first-order valence-corrected chi connectivity index (χ1v) is 7.40. The zero-order chi connectivity index (χ0) is 15.7. The molecule has 1 heterocycles. The fourth-order valence-corrected chi connectivity index (χ4v) is 2.89. The molecular weight excluding hydrogens is 278 g/mol. The summed E-state index contributed by atoms with van der Waals surface area (Å²) < 4.78 is 0. The highest BCUT2D eigenvalue weighted by molar-refractivity contribution is 6.25. The van der Waals surface area contributed by atoms with Crippen LogP contribution in [-0.2, 0) is 0 Å². The van der Waals surface area contributed by atoms with Crippen molar-refractivity contribution in [3.63, 3.8) is 0 Å². The Morgan fingerprint density at radius 3 is 2.14 bits per heavy atom. The third-order valence-corrected chi connectivity index (χ3v) is 4.07. The van der Waals surface area contributed by atoms with E-state index in [4.69, 9.17) is 5.73 Å². The number of rotatable bonds is 5. The quantitative estimate of drug-likeness (QED) is 0.845. The van der Waals surface area contributed by atoms with E-state index in [9.17, 15) is 9.59 Å². The zero-order valence-electron chi connectivity index (χ0n) is 12.6. The Morgan fingerprint density at radius 2 is 1.59 bits per heavy atom. The molecule has 0 saturated carbocycles. The highest BCUT2D eigenvalue weighted by Crippen LogP contribution is 2.29. The van der Waals surface area contributed by atoms with Crippen LogP contribution in [0.4, 0.5) is 0 Å². The second-order valence-corrected chi connectivity index (χ2v) is 5.56. The molecule has 1 aliphatic rings. The molecule has 3 rings (SSSR count). The number of benzene rings is 2. The molecule has 1 aliphatic heterocycles. The fourth-order valence-electron chi connectivity index (χ4n) is 2.89. The Bertz CT molecular complexity index is 691. The molecule has 5 heteroatoms. The largest absolute Gasteiger partial charge is 0.329 e. The molecule has 0 aliphatic carbocycles. The molecule has 2 amide bonds. The highest BCUT2D eigenvalue weighted by atomic mass is 16.2. The highest BCUT2D eigenvalue weighted by Gasteiger charge is 2.32. The Morgan fingerprint density at radius 1 is 1.00 bits per heavy atom. The first kappa shape index (κ1) is 14.7. The van der Waals surface area contributed by atoms with Crippen LogP contribution in [0.15, 0.2) is 36.4 Å². The van der Waals surface area contributed by atoms with Gasteiger partial charge in [0, 0.05) is 42.7 Å². The van der Waals surface area contributed by atoms with Crippen LogP contribution < -0.4 is 5.73 Å². The monoisotopic (exact) mass is 297 g/mol. The topological polar surface area (TPSA) is 66.6 Å². The van der Waals surface area contributed by atoms with Gasteiger partial charge in [-0.15, -0.1) is 0 Å². The van der Waals surface area contributed by atoms with Crippen LogP contribution in [0.25, 0.3) is 10.8 Å². The average molecular weight is 297 g/mol. The summed E-state index contributed by atoms with van der Waals surface area (Å²) in [7, 11) is 1.93. The third kappa shape index (κ3) is 2.38. The van der Waals surface area contributed by atoms with Crippen LogP contribution >= 0.6 is 0 Å². The Hall–Kier alpha value is -2.24. The van der Waals surface area contributed by atoms with Crippen LogP contribution in [-0.4, -0.2) is 54.8 Å². The fraction of sp³-hybridized carbons (Fsp3) is 0.294. The van der Waals surface area contributed by atoms with Crippen molar-refractivity contribution in [3.05, 3.63) is 47.5 Å². The second-order valence-electron chi connectivity index (χ2n) is 5.56. The number of hydrogen-bond acceptors (Lipinski definition) is 4. The lowest BCUT2D eigenvalue weighted by Crippen LogP contribution is -2.44. The molecule has 5 nitrogen and oxygen atoms in total. The van der Waals surface area contributed by atoms with Gasteiger partial charge >= 0.3 is 0 Å². The van der Waals surface area contributed by atoms with E-state index in [1.54, 1.807) is 12.1 Å². The Balaban J connectivity index is 1.94. The number of amides is 2. The molecule has 0 aromatic heterocycles. The maximum atomic E-state index is 12.6. The lowest BCUT2D eigenvalue weighted by atomic mass is 9.94. The predicted octanol–water partition coefficient (Wildman–Crippen LogP) is 1.33. The molecule has 0 spiro atoms. The number of nitrogens with two attached hydrogens (primary N) is 1. The van der Waals surface area contributed by atoms with E-state index in [0.717, 1.165) is 17.3 Å². The summed E-state index contributed by atoms with van der Waals surface area (Å²) in [6.45, 7) is 2.29. The molecule has 0 bridgehead atoms. The minimum absolute atomic E-state index is 0.213. The van der Waals surface area contributed by atoms with Crippen molar-refractivity contribution >= 4 is 22.6 Å². The van der Waals surface area contributed by atoms with Crippen LogP contribution in [0, 0.1) is 0 Å². The lowest BCUT2D eigenvalue weighted by Gasteiger charge is -2.28. The molecule has 114 valence electrons. The third-order valence-electron chi connectivity index (χ3n) is 4.07. The molecule has 0 saturated heterocycles. The van der Waals surface area contributed by atoms with Crippen molar-refractivity contribution in [1.82, 2.24) is 9.80 Å². The van der Waals surface area contributed by atoms with Gasteiger partial charge in [-0.3, -0.25) is 14.5 Å². The van der Waals surface area contributed by atoms with Gasteiger partial charge in [0.2, 0.25) is 0 Å². The molecule has 0 fully saturated rings. The van der Waals surface area contributed by atoms with E-state index in [0.29, 0.717) is 30.8 Å². The summed E-state index contributed by atoms with van der Waals surface area (Å²) >= 11 is 0. The summed E-state index contributed by atoms with van der Waals surface area (Å²) in [5, 5.41) is 1.70. The van der Waals surface area contributed by atoms with Crippen LogP contribution in [0.3, 0.4) is 0 Å². The van der Waals surface area contributed by atoms with Gasteiger partial charge in [-0.25, -0.2) is 0 Å². The maximum Gasteiger partial charge on any atom is 0.261 e. The maximum absolute atomic E-state index is 12.6. The summed E-state index contributed by atoms with van der Waals surface area (Å²) in [6, 6.07) is 11.1. The number of hydrogen-bond donors (Lipinski definition) is 1. The lowest BCUT2D eigenvalue weighted by molar-refractivity contribution is 0.0598. The van der Waals surface area contributed by atoms with Crippen LogP contribution in [0.5, 0.6) is 0 Å². The number of imide groups is 1. The average Bonchev–Trinajstić information content (AvgIpc) is 2.52. The Kier molecular flexibility index (Phi) is 3.92. The van der Waals surface area contributed by atoms with Crippen molar-refractivity contribution in [2.75, 3.05) is 33.2 Å². The molecule has 2 aromatic rings. The van der Waals surface area contributed by atoms with Gasteiger partial charge in [-0.1, -0.05) is 24.3 Å². The van der Waals surface area contributed by atoms with E-state index < -0.39 is 0 Å². The SMILES string of the molecule is CN(CCN)CCN1C(=O)c2cccc3cccc(c23)C1=O. The van der Waals surface area contributed by atoms with Crippen LogP contribution in [0.1, 0.15) is 20.7 Å². The van der Waals surface area contributed by atoms with Gasteiger partial charge in [-0.2, -0.15) is 0 Å². The summed E-state index contributed by atoms with van der Waals surface area (Å²) in [6.07, 6.45) is 0. The van der Waals surface area contributed by atoms with E-state index in [1.165, 1.54) is 4.90 Å². The zero-order valence-corrected chi connectivity index (χ0v) is 12.6. The smallest absolute Gasteiger partial charge is 0.261 e. The number of carbonyl (C=O) groups excluding carboxylic acids is 2. The summed E-state index contributed by atoms with van der Waals surface area (Å²) in [4.78, 5) is 28.6. The molecule has 0 unspecified atom stereocenters. The van der Waals surface area contributed by atoms with E-state index in [2.05, 4.69) is 0 Å². The normalized spacial score (nSPS) is 14.2. The minimum atomic E-state index is -0.213. The van der Waals surface area contributed by atoms with Crippen molar-refractivity contribution < 1.29 is 9.59 Å². The van der Waals surface area contributed by atoms with Crippen molar-refractivity contribution in [2.45, 2.75) is 0 Å². The summed E-state index contributed by atoms with van der Waals surface area (Å²) in [5.74, 6) is -0.425. The molecule has 22 heavy (non-hydrogen) atoms. The summed E-state index contributed by atoms with van der Waals surface area (Å²) in [5.41, 5.74) is 6.73. The van der Waals surface area contributed by atoms with E-state index in [-0.39, 0.29) is 11.8 Å². The van der Waals surface area contributed by atoms with Gasteiger partial charge in [-0.05, 0) is 24.6 Å². The van der Waals surface area contributed by atoms with Gasteiger partial charge in [0.1, 0.15) is 0 Å². The van der Waals surface area contributed by atoms with Crippen molar-refractivity contribution in [1.29, 1.82) is 0 Å². The van der Waals surface area contributed by atoms with Gasteiger partial charge in [0.25, 0.3) is 11.8 Å². The standard InChI is InChI=1S/C17H19N3O2/c1-19(9-8-18)10-11-20-16(21)13-6-2-4-12-5-3-7-14(15(12)13)17(20)22/h2-7H,8-11,18H2,1H3.